The van der Waals surface area contributed by atoms with E-state index in [1.54, 1.807) is 7.11 Å². The number of benzene rings is 3. The molecule has 0 saturated heterocycles. The summed E-state index contributed by atoms with van der Waals surface area (Å²) in [5, 5.41) is 13.7. The summed E-state index contributed by atoms with van der Waals surface area (Å²) >= 11 is 0. The minimum absolute atomic E-state index is 0.177. The smallest absolute Gasteiger partial charge is 0.160 e. The number of ether oxygens (including phenoxy) is 2. The number of methoxy groups -OCH3 is 1. The zero-order valence-corrected chi connectivity index (χ0v) is 16.0. The maximum absolute atomic E-state index is 10.2. The summed E-state index contributed by atoms with van der Waals surface area (Å²) in [6, 6.07) is 22.4. The second kappa shape index (κ2) is 8.36. The Kier molecular flexibility index (Phi) is 5.49. The first-order valence-electron chi connectivity index (χ1n) is 9.62. The molecule has 1 heterocycles. The first-order chi connectivity index (χ1) is 13.7. The topological polar surface area (TPSA) is 50.7 Å². The van der Waals surface area contributed by atoms with E-state index in [4.69, 9.17) is 9.47 Å². The third-order valence-corrected chi connectivity index (χ3v) is 5.21. The van der Waals surface area contributed by atoms with Crippen LogP contribution >= 0.6 is 0 Å². The van der Waals surface area contributed by atoms with E-state index in [1.165, 1.54) is 11.1 Å². The number of rotatable bonds is 6. The molecule has 1 aliphatic rings. The Labute approximate surface area is 165 Å². The van der Waals surface area contributed by atoms with Crippen molar-refractivity contribution in [2.75, 3.05) is 13.7 Å². The van der Waals surface area contributed by atoms with Gasteiger partial charge >= 0.3 is 0 Å². The highest BCUT2D eigenvalue weighted by atomic mass is 16.5. The molecule has 4 rings (SSSR count). The predicted molar refractivity (Wildman–Crippen MR) is 110 cm³/mol. The molecule has 0 aliphatic carbocycles. The van der Waals surface area contributed by atoms with Crippen molar-refractivity contribution >= 4 is 0 Å². The van der Waals surface area contributed by atoms with Gasteiger partial charge in [0.1, 0.15) is 12.4 Å². The standard InChI is InChI=1S/C24H25NO3/c1-27-24-14-19-11-12-25-22(21(19)15-23(24)26)13-17-7-9-20(10-8-17)28-16-18-5-3-2-4-6-18/h2-10,14-15,22,25-26H,11-13,16H2,1H3/t22-/m1/s1. The summed E-state index contributed by atoms with van der Waals surface area (Å²) in [5.74, 6) is 1.60. The molecule has 4 heteroatoms. The number of nitrogens with one attached hydrogen (secondary N) is 1. The number of aromatic hydroxyl groups is 1. The van der Waals surface area contributed by atoms with Crippen LogP contribution in [0.4, 0.5) is 0 Å². The van der Waals surface area contributed by atoms with Crippen LogP contribution in [-0.2, 0) is 19.4 Å². The van der Waals surface area contributed by atoms with Gasteiger partial charge in [0, 0.05) is 6.04 Å². The lowest BCUT2D eigenvalue weighted by atomic mass is 9.90. The van der Waals surface area contributed by atoms with Crippen molar-refractivity contribution in [2.24, 2.45) is 0 Å². The second-order valence-corrected chi connectivity index (χ2v) is 7.10. The second-order valence-electron chi connectivity index (χ2n) is 7.10. The fourth-order valence-corrected chi connectivity index (χ4v) is 3.70. The van der Waals surface area contributed by atoms with Gasteiger partial charge in [0.25, 0.3) is 0 Å². The van der Waals surface area contributed by atoms with Gasteiger partial charge in [0.15, 0.2) is 11.5 Å². The molecule has 1 atom stereocenters. The van der Waals surface area contributed by atoms with Gasteiger partial charge in [-0.05, 0) is 65.9 Å². The highest BCUT2D eigenvalue weighted by Gasteiger charge is 2.22. The third kappa shape index (κ3) is 4.12. The minimum atomic E-state index is 0.177. The van der Waals surface area contributed by atoms with Crippen LogP contribution in [0.15, 0.2) is 66.7 Å². The van der Waals surface area contributed by atoms with Crippen LogP contribution in [0.5, 0.6) is 17.2 Å². The molecule has 0 saturated carbocycles. The average molecular weight is 375 g/mol. The van der Waals surface area contributed by atoms with Gasteiger partial charge in [-0.1, -0.05) is 42.5 Å². The Morgan fingerprint density at radius 1 is 1.00 bits per heavy atom. The van der Waals surface area contributed by atoms with Crippen molar-refractivity contribution in [1.82, 2.24) is 5.32 Å². The first kappa shape index (κ1) is 18.4. The zero-order chi connectivity index (χ0) is 19.3. The predicted octanol–water partition coefficient (Wildman–Crippen LogP) is 4.41. The van der Waals surface area contributed by atoms with Gasteiger partial charge in [0.2, 0.25) is 0 Å². The van der Waals surface area contributed by atoms with E-state index in [9.17, 15) is 5.11 Å². The van der Waals surface area contributed by atoms with Crippen LogP contribution < -0.4 is 14.8 Å². The number of phenolic OH excluding ortho intramolecular Hbond substituents is 1. The van der Waals surface area contributed by atoms with Crippen molar-refractivity contribution in [3.05, 3.63) is 89.0 Å². The van der Waals surface area contributed by atoms with Crippen LogP contribution in [0.1, 0.15) is 28.3 Å². The lowest BCUT2D eigenvalue weighted by molar-refractivity contribution is 0.306. The summed E-state index contributed by atoms with van der Waals surface area (Å²) in [5.41, 5.74) is 4.77. The SMILES string of the molecule is COc1cc2c(cc1O)[C@@H](Cc1ccc(OCc3ccccc3)cc1)NCC2. The molecule has 0 fully saturated rings. The molecule has 3 aromatic carbocycles. The fraction of sp³-hybridized carbons (Fsp3) is 0.250. The summed E-state index contributed by atoms with van der Waals surface area (Å²) in [7, 11) is 1.58. The quantitative estimate of drug-likeness (QED) is 0.670. The Bertz CT molecular complexity index is 923. The summed E-state index contributed by atoms with van der Waals surface area (Å²) in [6.45, 7) is 1.49. The third-order valence-electron chi connectivity index (χ3n) is 5.21. The van der Waals surface area contributed by atoms with Crippen molar-refractivity contribution < 1.29 is 14.6 Å². The van der Waals surface area contributed by atoms with E-state index in [-0.39, 0.29) is 11.8 Å². The molecule has 2 N–H and O–H groups in total. The maximum atomic E-state index is 10.2. The largest absolute Gasteiger partial charge is 0.504 e. The molecule has 0 bridgehead atoms. The molecular formula is C24H25NO3. The molecule has 3 aromatic rings. The van der Waals surface area contributed by atoms with Gasteiger partial charge in [-0.15, -0.1) is 0 Å². The Morgan fingerprint density at radius 2 is 1.79 bits per heavy atom. The Morgan fingerprint density at radius 3 is 2.54 bits per heavy atom. The number of hydrogen-bond donors (Lipinski definition) is 2. The molecule has 0 amide bonds. The van der Waals surface area contributed by atoms with E-state index in [0.717, 1.165) is 36.3 Å². The molecule has 1 aliphatic heterocycles. The van der Waals surface area contributed by atoms with Crippen LogP contribution in [0, 0.1) is 0 Å². The maximum Gasteiger partial charge on any atom is 0.160 e. The van der Waals surface area contributed by atoms with Crippen LogP contribution in [0.25, 0.3) is 0 Å². The fourth-order valence-electron chi connectivity index (χ4n) is 3.70. The summed E-state index contributed by atoms with van der Waals surface area (Å²) in [4.78, 5) is 0. The zero-order valence-electron chi connectivity index (χ0n) is 16.0. The highest BCUT2D eigenvalue weighted by Crippen LogP contribution is 2.35. The summed E-state index contributed by atoms with van der Waals surface area (Å²) < 4.78 is 11.1. The van der Waals surface area contributed by atoms with Gasteiger partial charge < -0.3 is 19.9 Å². The molecule has 0 unspecified atom stereocenters. The van der Waals surface area contributed by atoms with Crippen LogP contribution in [0.2, 0.25) is 0 Å². The van der Waals surface area contributed by atoms with E-state index >= 15 is 0 Å². The molecule has 0 spiro atoms. The van der Waals surface area contributed by atoms with E-state index in [2.05, 4.69) is 29.6 Å². The van der Waals surface area contributed by atoms with Gasteiger partial charge in [-0.3, -0.25) is 0 Å². The van der Waals surface area contributed by atoms with Gasteiger partial charge in [-0.25, -0.2) is 0 Å². The van der Waals surface area contributed by atoms with Crippen molar-refractivity contribution in [3.8, 4) is 17.2 Å². The van der Waals surface area contributed by atoms with Crippen LogP contribution in [-0.4, -0.2) is 18.8 Å². The monoisotopic (exact) mass is 375 g/mol. The van der Waals surface area contributed by atoms with Crippen molar-refractivity contribution in [3.63, 3.8) is 0 Å². The van der Waals surface area contributed by atoms with Crippen molar-refractivity contribution in [1.29, 1.82) is 0 Å². The molecule has 4 nitrogen and oxygen atoms in total. The van der Waals surface area contributed by atoms with E-state index in [0.29, 0.717) is 12.4 Å². The highest BCUT2D eigenvalue weighted by molar-refractivity contribution is 5.49. The molecule has 144 valence electrons. The van der Waals surface area contributed by atoms with Gasteiger partial charge in [0.05, 0.1) is 7.11 Å². The number of hydrogen-bond acceptors (Lipinski definition) is 4. The van der Waals surface area contributed by atoms with Crippen LogP contribution in [0.3, 0.4) is 0 Å². The number of fused-ring (bicyclic) bond motifs is 1. The lowest BCUT2D eigenvalue weighted by Gasteiger charge is -2.28. The first-order valence-corrected chi connectivity index (χ1v) is 9.62. The van der Waals surface area contributed by atoms with E-state index < -0.39 is 0 Å². The molecule has 0 aromatic heterocycles. The lowest BCUT2D eigenvalue weighted by Crippen LogP contribution is -2.31. The Balaban J connectivity index is 1.43. The normalized spacial score (nSPS) is 15.7. The summed E-state index contributed by atoms with van der Waals surface area (Å²) in [6.07, 6.45) is 1.80. The van der Waals surface area contributed by atoms with E-state index in [1.807, 2.05) is 42.5 Å². The average Bonchev–Trinajstić information content (AvgIpc) is 2.74. The Hall–Kier alpha value is -2.98. The molecule has 0 radical (unpaired) electrons. The number of phenols is 1. The molecule has 28 heavy (non-hydrogen) atoms. The minimum Gasteiger partial charge on any atom is -0.504 e. The van der Waals surface area contributed by atoms with Crippen molar-refractivity contribution in [2.45, 2.75) is 25.5 Å². The molecular weight excluding hydrogens is 350 g/mol. The van der Waals surface area contributed by atoms with Gasteiger partial charge in [-0.2, -0.15) is 0 Å².